The van der Waals surface area contributed by atoms with Crippen LogP contribution in [0.2, 0.25) is 0 Å². The number of fused-ring (bicyclic) bond motifs is 1. The summed E-state index contributed by atoms with van der Waals surface area (Å²) in [6.45, 7) is 5.97. The molecule has 5 rings (SSSR count). The molecule has 8 heteroatoms. The smallest absolute Gasteiger partial charge is 0.294 e. The van der Waals surface area contributed by atoms with Gasteiger partial charge in [-0.25, -0.2) is 4.98 Å². The van der Waals surface area contributed by atoms with E-state index in [2.05, 4.69) is 10.5 Å². The van der Waals surface area contributed by atoms with Crippen LogP contribution in [0.3, 0.4) is 0 Å². The summed E-state index contributed by atoms with van der Waals surface area (Å²) in [6.07, 6.45) is 2.30. The Morgan fingerprint density at radius 1 is 1.11 bits per heavy atom. The summed E-state index contributed by atoms with van der Waals surface area (Å²) in [4.78, 5) is 33.4. The first-order valence-electron chi connectivity index (χ1n) is 12.5. The Kier molecular flexibility index (Phi) is 6.84. The molecule has 36 heavy (non-hydrogen) atoms. The molecule has 4 aromatic rings. The molecule has 186 valence electrons. The predicted molar refractivity (Wildman–Crippen MR) is 139 cm³/mol. The predicted octanol–water partition coefficient (Wildman–Crippen LogP) is 3.62. The highest BCUT2D eigenvalue weighted by Crippen LogP contribution is 2.22. The van der Waals surface area contributed by atoms with Crippen molar-refractivity contribution in [3.8, 4) is 0 Å². The molecule has 1 aliphatic rings. The van der Waals surface area contributed by atoms with Crippen molar-refractivity contribution in [2.45, 2.75) is 39.7 Å². The Hall–Kier alpha value is -3.94. The van der Waals surface area contributed by atoms with Crippen LogP contribution in [0.15, 0.2) is 63.9 Å². The highest BCUT2D eigenvalue weighted by Gasteiger charge is 2.28. The van der Waals surface area contributed by atoms with Gasteiger partial charge in [-0.2, -0.15) is 0 Å². The second-order valence-electron chi connectivity index (χ2n) is 9.43. The van der Waals surface area contributed by atoms with E-state index in [1.165, 1.54) is 0 Å². The molecule has 0 saturated carbocycles. The maximum Gasteiger partial charge on any atom is 0.294 e. The number of rotatable bonds is 7. The molecule has 1 unspecified atom stereocenters. The van der Waals surface area contributed by atoms with E-state index < -0.39 is 0 Å². The van der Waals surface area contributed by atoms with Crippen LogP contribution >= 0.6 is 0 Å². The highest BCUT2D eigenvalue weighted by atomic mass is 16.5. The fourth-order valence-electron chi connectivity index (χ4n) is 5.01. The van der Waals surface area contributed by atoms with Gasteiger partial charge in [0.15, 0.2) is 5.82 Å². The Labute approximate surface area is 209 Å². The standard InChI is InChI=1S/C28H31N5O3/c1-19-23(20(2)36-31-19)14-15-29-27(34)22-11-8-16-32(18-22)26-28(35)33(17-21-9-4-3-5-10-21)25-13-7-6-12-24(25)30-26/h3-7,9-10,12-13,22H,8,11,14-18H2,1-2H3,(H,29,34). The van der Waals surface area contributed by atoms with Crippen molar-refractivity contribution >= 4 is 22.8 Å². The van der Waals surface area contributed by atoms with Gasteiger partial charge in [0.2, 0.25) is 5.91 Å². The normalized spacial score (nSPS) is 15.8. The molecule has 1 N–H and O–H groups in total. The van der Waals surface area contributed by atoms with Gasteiger partial charge in [-0.15, -0.1) is 0 Å². The molecule has 0 bridgehead atoms. The van der Waals surface area contributed by atoms with E-state index in [0.29, 0.717) is 38.4 Å². The van der Waals surface area contributed by atoms with Crippen LogP contribution in [0.1, 0.15) is 35.4 Å². The summed E-state index contributed by atoms with van der Waals surface area (Å²) < 4.78 is 7.01. The van der Waals surface area contributed by atoms with Gasteiger partial charge in [-0.3, -0.25) is 14.2 Å². The lowest BCUT2D eigenvalue weighted by Gasteiger charge is -2.32. The molecule has 1 amide bonds. The van der Waals surface area contributed by atoms with Crippen LogP contribution in [0.4, 0.5) is 5.82 Å². The number of para-hydroxylation sites is 2. The molecular formula is C28H31N5O3. The average Bonchev–Trinajstić information content (AvgIpc) is 3.23. The first kappa shape index (κ1) is 23.8. The topological polar surface area (TPSA) is 93.3 Å². The molecule has 8 nitrogen and oxygen atoms in total. The van der Waals surface area contributed by atoms with E-state index in [4.69, 9.17) is 9.51 Å². The quantitative estimate of drug-likeness (QED) is 0.430. The van der Waals surface area contributed by atoms with E-state index in [1.807, 2.05) is 73.3 Å². The Morgan fingerprint density at radius 3 is 2.67 bits per heavy atom. The van der Waals surface area contributed by atoms with Crippen LogP contribution < -0.4 is 15.8 Å². The van der Waals surface area contributed by atoms with Gasteiger partial charge in [0.1, 0.15) is 5.76 Å². The molecule has 0 spiro atoms. The lowest BCUT2D eigenvalue weighted by Crippen LogP contribution is -2.46. The SMILES string of the molecule is Cc1noc(C)c1CCNC(=O)C1CCCN(c2nc3ccccc3n(Cc3ccccc3)c2=O)C1. The minimum absolute atomic E-state index is 0.0110. The third-order valence-corrected chi connectivity index (χ3v) is 6.97. The van der Waals surface area contributed by atoms with Crippen molar-refractivity contribution < 1.29 is 9.32 Å². The number of carbonyl (C=O) groups is 1. The molecule has 1 aliphatic heterocycles. The zero-order valence-corrected chi connectivity index (χ0v) is 20.7. The summed E-state index contributed by atoms with van der Waals surface area (Å²) in [5.74, 6) is 1.02. The van der Waals surface area contributed by atoms with Crippen molar-refractivity contribution in [3.63, 3.8) is 0 Å². The molecule has 1 fully saturated rings. The molecule has 3 heterocycles. The molecule has 0 radical (unpaired) electrons. The number of hydrogen-bond donors (Lipinski definition) is 1. The molecule has 2 aromatic carbocycles. The molecule has 2 aromatic heterocycles. The van der Waals surface area contributed by atoms with Crippen molar-refractivity contribution in [2.24, 2.45) is 5.92 Å². The number of aromatic nitrogens is 3. The minimum atomic E-state index is -0.196. The molecular weight excluding hydrogens is 454 g/mol. The van der Waals surface area contributed by atoms with Crippen molar-refractivity contribution in [3.05, 3.63) is 87.5 Å². The van der Waals surface area contributed by atoms with Crippen LogP contribution in [0.5, 0.6) is 0 Å². The summed E-state index contributed by atoms with van der Waals surface area (Å²) in [5.41, 5.74) is 4.41. The number of nitrogens with one attached hydrogen (secondary N) is 1. The van der Waals surface area contributed by atoms with Crippen LogP contribution in [0, 0.1) is 19.8 Å². The number of nitrogens with zero attached hydrogens (tertiary/aromatic N) is 4. The monoisotopic (exact) mass is 485 g/mol. The average molecular weight is 486 g/mol. The summed E-state index contributed by atoms with van der Waals surface area (Å²) in [5, 5.41) is 7.04. The lowest BCUT2D eigenvalue weighted by atomic mass is 9.97. The Bertz CT molecular complexity index is 1410. The zero-order chi connectivity index (χ0) is 25.1. The third-order valence-electron chi connectivity index (χ3n) is 6.97. The number of piperidine rings is 1. The summed E-state index contributed by atoms with van der Waals surface area (Å²) >= 11 is 0. The molecule has 0 aliphatic carbocycles. The first-order chi connectivity index (χ1) is 17.5. The van der Waals surface area contributed by atoms with Crippen molar-refractivity contribution in [1.82, 2.24) is 20.0 Å². The first-order valence-corrected chi connectivity index (χ1v) is 12.5. The van der Waals surface area contributed by atoms with Gasteiger partial charge >= 0.3 is 0 Å². The summed E-state index contributed by atoms with van der Waals surface area (Å²) in [6, 6.07) is 17.7. The van der Waals surface area contributed by atoms with E-state index in [9.17, 15) is 9.59 Å². The molecule has 1 atom stereocenters. The van der Waals surface area contributed by atoms with Gasteiger partial charge in [-0.1, -0.05) is 47.6 Å². The van der Waals surface area contributed by atoms with Gasteiger partial charge in [-0.05, 0) is 50.8 Å². The highest BCUT2D eigenvalue weighted by molar-refractivity contribution is 5.80. The van der Waals surface area contributed by atoms with E-state index >= 15 is 0 Å². The van der Waals surface area contributed by atoms with E-state index in [1.54, 1.807) is 4.57 Å². The van der Waals surface area contributed by atoms with Crippen molar-refractivity contribution in [2.75, 3.05) is 24.5 Å². The van der Waals surface area contributed by atoms with Crippen LogP contribution in [0.25, 0.3) is 11.0 Å². The fourth-order valence-corrected chi connectivity index (χ4v) is 5.01. The Balaban J connectivity index is 1.34. The fraction of sp³-hybridized carbons (Fsp3) is 0.357. The lowest BCUT2D eigenvalue weighted by molar-refractivity contribution is -0.125. The number of benzene rings is 2. The van der Waals surface area contributed by atoms with Crippen LogP contribution in [-0.2, 0) is 17.8 Å². The maximum absolute atomic E-state index is 13.7. The van der Waals surface area contributed by atoms with Gasteiger partial charge in [0.05, 0.1) is 29.2 Å². The van der Waals surface area contributed by atoms with Gasteiger partial charge in [0, 0.05) is 25.2 Å². The molecule has 1 saturated heterocycles. The largest absolute Gasteiger partial charge is 0.361 e. The second-order valence-corrected chi connectivity index (χ2v) is 9.43. The van der Waals surface area contributed by atoms with Crippen LogP contribution in [-0.4, -0.2) is 40.2 Å². The third kappa shape index (κ3) is 4.89. The van der Waals surface area contributed by atoms with Gasteiger partial charge in [0.25, 0.3) is 5.56 Å². The summed E-state index contributed by atoms with van der Waals surface area (Å²) in [7, 11) is 0. The van der Waals surface area contributed by atoms with E-state index in [0.717, 1.165) is 46.5 Å². The van der Waals surface area contributed by atoms with Gasteiger partial charge < -0.3 is 14.7 Å². The van der Waals surface area contributed by atoms with Crippen molar-refractivity contribution in [1.29, 1.82) is 0 Å². The maximum atomic E-state index is 13.7. The Morgan fingerprint density at radius 2 is 1.89 bits per heavy atom. The number of anilines is 1. The number of aryl methyl sites for hydroxylation is 2. The minimum Gasteiger partial charge on any atom is -0.361 e. The second kappa shape index (κ2) is 10.4. The number of hydrogen-bond acceptors (Lipinski definition) is 6. The number of amides is 1. The number of carbonyl (C=O) groups excluding carboxylic acids is 1. The van der Waals surface area contributed by atoms with E-state index in [-0.39, 0.29) is 17.4 Å². The zero-order valence-electron chi connectivity index (χ0n) is 20.7.